The van der Waals surface area contributed by atoms with Gasteiger partial charge >= 0.3 is 0 Å². The lowest BCUT2D eigenvalue weighted by atomic mass is 9.64. The first-order valence-electron chi connectivity index (χ1n) is 18.3. The Bertz CT molecular complexity index is 2410. The van der Waals surface area contributed by atoms with Crippen LogP contribution in [0.1, 0.15) is 72.9 Å². The van der Waals surface area contributed by atoms with Crippen LogP contribution in [0.15, 0.2) is 176 Å². The molecule has 0 radical (unpaired) electrons. The summed E-state index contributed by atoms with van der Waals surface area (Å²) in [7, 11) is 0. The highest BCUT2D eigenvalue weighted by atomic mass is 15.1. The molecule has 3 nitrogen and oxygen atoms in total. The average molecular weight is 674 g/mol. The van der Waals surface area contributed by atoms with Crippen molar-refractivity contribution >= 4 is 10.9 Å². The molecule has 8 rings (SSSR count). The molecule has 0 saturated heterocycles. The lowest BCUT2D eigenvalue weighted by molar-refractivity contribution is 0.745. The van der Waals surface area contributed by atoms with Crippen molar-refractivity contribution < 1.29 is 0 Å². The Morgan fingerprint density at radius 2 is 1.04 bits per heavy atom. The van der Waals surface area contributed by atoms with Crippen LogP contribution in [0.5, 0.6) is 0 Å². The van der Waals surface area contributed by atoms with Crippen molar-refractivity contribution in [3.05, 3.63) is 210 Å². The van der Waals surface area contributed by atoms with E-state index in [0.29, 0.717) is 11.8 Å². The summed E-state index contributed by atoms with van der Waals surface area (Å²) in [6.45, 7) is 9.09. The molecule has 0 spiro atoms. The van der Waals surface area contributed by atoms with Gasteiger partial charge in [-0.05, 0) is 69.5 Å². The number of rotatable bonds is 9. The molecule has 0 bridgehead atoms. The molecule has 0 atom stereocenters. The van der Waals surface area contributed by atoms with Gasteiger partial charge in [0.15, 0.2) is 0 Å². The van der Waals surface area contributed by atoms with Crippen molar-refractivity contribution in [2.45, 2.75) is 44.9 Å². The zero-order valence-electron chi connectivity index (χ0n) is 30.2. The van der Waals surface area contributed by atoms with Crippen LogP contribution in [-0.4, -0.2) is 14.5 Å². The van der Waals surface area contributed by atoms with Crippen LogP contribution < -0.4 is 0 Å². The van der Waals surface area contributed by atoms with Gasteiger partial charge in [-0.1, -0.05) is 167 Å². The van der Waals surface area contributed by atoms with E-state index in [1.807, 2.05) is 6.20 Å². The molecule has 0 aliphatic heterocycles. The predicted molar refractivity (Wildman–Crippen MR) is 216 cm³/mol. The van der Waals surface area contributed by atoms with E-state index in [-0.39, 0.29) is 0 Å². The number of benzene rings is 6. The number of nitrogens with zero attached hydrogens (tertiary/aromatic N) is 3. The number of hydrogen-bond acceptors (Lipinski definition) is 2. The smallest absolute Gasteiger partial charge is 0.144 e. The van der Waals surface area contributed by atoms with Gasteiger partial charge in [-0.2, -0.15) is 0 Å². The summed E-state index contributed by atoms with van der Waals surface area (Å²) >= 11 is 0. The molecular formula is C49H43N3. The highest BCUT2D eigenvalue weighted by Crippen LogP contribution is 2.47. The van der Waals surface area contributed by atoms with E-state index in [1.165, 1.54) is 39.1 Å². The maximum absolute atomic E-state index is 5.10. The van der Waals surface area contributed by atoms with Gasteiger partial charge in [0, 0.05) is 28.9 Å². The molecule has 6 aromatic carbocycles. The molecule has 0 amide bonds. The van der Waals surface area contributed by atoms with Gasteiger partial charge in [-0.15, -0.1) is 0 Å². The van der Waals surface area contributed by atoms with Crippen molar-refractivity contribution in [1.29, 1.82) is 0 Å². The predicted octanol–water partition coefficient (Wildman–Crippen LogP) is 12.4. The minimum absolute atomic E-state index is 0.364. The Balaban J connectivity index is 1.37. The minimum Gasteiger partial charge on any atom is -0.299 e. The molecule has 254 valence electrons. The van der Waals surface area contributed by atoms with Crippen LogP contribution in [0.2, 0.25) is 0 Å². The SMILES string of the molecule is CC(C)c1cccc(C(C)C)c1-n1ccnc1-c1cccc(C(c2ccccc2)(c2ccccc2)c2cccc(-c3ccc4ccccc4n3)c2)c1. The summed E-state index contributed by atoms with van der Waals surface area (Å²) in [6.07, 6.45) is 4.06. The summed E-state index contributed by atoms with van der Waals surface area (Å²) in [5.41, 5.74) is 12.1. The van der Waals surface area contributed by atoms with Gasteiger partial charge in [-0.3, -0.25) is 4.57 Å². The number of para-hydroxylation sites is 2. The first-order valence-corrected chi connectivity index (χ1v) is 18.3. The summed E-state index contributed by atoms with van der Waals surface area (Å²) in [5, 5.41) is 1.14. The molecule has 0 N–H and O–H groups in total. The molecule has 52 heavy (non-hydrogen) atoms. The maximum atomic E-state index is 5.10. The largest absolute Gasteiger partial charge is 0.299 e. The number of hydrogen-bond donors (Lipinski definition) is 0. The lowest BCUT2D eigenvalue weighted by Crippen LogP contribution is -2.31. The van der Waals surface area contributed by atoms with Crippen LogP contribution in [0.25, 0.3) is 39.2 Å². The molecule has 2 heterocycles. The van der Waals surface area contributed by atoms with E-state index in [1.54, 1.807) is 0 Å². The third kappa shape index (κ3) is 5.82. The fraction of sp³-hybridized carbons (Fsp3) is 0.143. The Morgan fingerprint density at radius 1 is 0.500 bits per heavy atom. The van der Waals surface area contributed by atoms with E-state index in [2.05, 4.69) is 202 Å². The van der Waals surface area contributed by atoms with E-state index in [0.717, 1.165) is 33.5 Å². The van der Waals surface area contributed by atoms with Gasteiger partial charge in [0.1, 0.15) is 5.82 Å². The fourth-order valence-corrected chi connectivity index (χ4v) is 7.89. The van der Waals surface area contributed by atoms with Crippen LogP contribution in [-0.2, 0) is 5.41 Å². The molecule has 3 heteroatoms. The topological polar surface area (TPSA) is 30.7 Å². The summed E-state index contributed by atoms with van der Waals surface area (Å²) in [4.78, 5) is 10.1. The van der Waals surface area contributed by atoms with Gasteiger partial charge in [0.25, 0.3) is 0 Å². The second-order valence-electron chi connectivity index (χ2n) is 14.2. The second kappa shape index (κ2) is 13.9. The number of imidazole rings is 1. The van der Waals surface area contributed by atoms with Crippen LogP contribution >= 0.6 is 0 Å². The molecule has 8 aromatic rings. The Kier molecular flexibility index (Phi) is 8.86. The first kappa shape index (κ1) is 33.1. The Morgan fingerprint density at radius 3 is 1.67 bits per heavy atom. The van der Waals surface area contributed by atoms with Crippen molar-refractivity contribution in [2.75, 3.05) is 0 Å². The number of aromatic nitrogens is 3. The zero-order valence-corrected chi connectivity index (χ0v) is 30.2. The third-order valence-corrected chi connectivity index (χ3v) is 10.4. The van der Waals surface area contributed by atoms with Crippen LogP contribution in [0.4, 0.5) is 0 Å². The minimum atomic E-state index is -0.637. The summed E-state index contributed by atoms with van der Waals surface area (Å²) in [6, 6.07) is 59.1. The van der Waals surface area contributed by atoms with Crippen molar-refractivity contribution in [2.24, 2.45) is 0 Å². The van der Waals surface area contributed by atoms with Crippen LogP contribution in [0.3, 0.4) is 0 Å². The molecule has 2 aromatic heterocycles. The summed E-state index contributed by atoms with van der Waals surface area (Å²) < 4.78 is 2.31. The van der Waals surface area contributed by atoms with Crippen molar-refractivity contribution in [3.8, 4) is 28.3 Å². The highest BCUT2D eigenvalue weighted by Gasteiger charge is 2.39. The van der Waals surface area contributed by atoms with E-state index >= 15 is 0 Å². The molecule has 0 unspecified atom stereocenters. The Hall–Kier alpha value is -6.06. The van der Waals surface area contributed by atoms with Gasteiger partial charge in [0.05, 0.1) is 22.3 Å². The van der Waals surface area contributed by atoms with Crippen molar-refractivity contribution in [3.63, 3.8) is 0 Å². The fourth-order valence-electron chi connectivity index (χ4n) is 7.89. The molecular weight excluding hydrogens is 631 g/mol. The van der Waals surface area contributed by atoms with Crippen molar-refractivity contribution in [1.82, 2.24) is 14.5 Å². The summed E-state index contributed by atoms with van der Waals surface area (Å²) in [5.74, 6) is 1.66. The average Bonchev–Trinajstić information content (AvgIpc) is 3.69. The van der Waals surface area contributed by atoms with Gasteiger partial charge in [-0.25, -0.2) is 9.97 Å². The number of fused-ring (bicyclic) bond motifs is 1. The van der Waals surface area contributed by atoms with E-state index in [4.69, 9.17) is 9.97 Å². The van der Waals surface area contributed by atoms with E-state index < -0.39 is 5.41 Å². The number of pyridine rings is 1. The third-order valence-electron chi connectivity index (χ3n) is 10.4. The maximum Gasteiger partial charge on any atom is 0.144 e. The van der Waals surface area contributed by atoms with Gasteiger partial charge < -0.3 is 0 Å². The van der Waals surface area contributed by atoms with Gasteiger partial charge in [0.2, 0.25) is 0 Å². The standard InChI is InChI=1S/C49H43N3/c1-34(2)43-25-15-26-44(35(3)4)47(43)52-31-30-50-48(52)38-18-14-24-42(33-38)49(39-19-7-5-8-20-39,40-21-9-6-10-22-40)41-23-13-17-37(32-41)46-29-28-36-16-11-12-27-45(36)51-46/h5-35H,1-4H3. The Labute approximate surface area is 307 Å². The molecule has 0 aliphatic carbocycles. The molecule has 0 saturated carbocycles. The normalized spacial score (nSPS) is 11.8. The molecule has 0 fully saturated rings. The lowest BCUT2D eigenvalue weighted by Gasteiger charge is -2.37. The van der Waals surface area contributed by atoms with E-state index in [9.17, 15) is 0 Å². The second-order valence-corrected chi connectivity index (χ2v) is 14.2. The highest BCUT2D eigenvalue weighted by molar-refractivity contribution is 5.82. The van der Waals surface area contributed by atoms with Crippen LogP contribution in [0, 0.1) is 0 Å². The zero-order chi connectivity index (χ0) is 35.7. The molecule has 0 aliphatic rings. The quantitative estimate of drug-likeness (QED) is 0.143. The monoisotopic (exact) mass is 673 g/mol. The first-order chi connectivity index (χ1) is 25.4.